The molecule has 0 fully saturated rings. The number of carbonyl (C=O) groups is 1. The first-order valence-electron chi connectivity index (χ1n) is 16.9. The summed E-state index contributed by atoms with van der Waals surface area (Å²) < 4.78 is 5.93. The van der Waals surface area contributed by atoms with Crippen LogP contribution < -0.4 is 4.74 Å². The van der Waals surface area contributed by atoms with E-state index >= 15 is 0 Å². The number of benzene rings is 1. The first kappa shape index (κ1) is 31.5. The van der Waals surface area contributed by atoms with E-state index in [-0.39, 0.29) is 5.75 Å². The molecule has 0 atom stereocenters. The second-order valence-corrected chi connectivity index (χ2v) is 12.5. The number of nitrogens with one attached hydrogen (secondary N) is 2. The minimum atomic E-state index is -0.472. The summed E-state index contributed by atoms with van der Waals surface area (Å²) in [5.74, 6) is -0.0103. The van der Waals surface area contributed by atoms with Gasteiger partial charge in [0.2, 0.25) is 0 Å². The minimum absolute atomic E-state index is 0.136. The smallest absolute Gasteiger partial charge is 0.308 e. The lowest BCUT2D eigenvalue weighted by molar-refractivity contribution is -0.131. The molecule has 6 aromatic heterocycles. The fraction of sp³-hybridized carbons (Fsp3) is 0.0233. The van der Waals surface area contributed by atoms with E-state index < -0.39 is 5.97 Å². The average molecular weight is 692 g/mol. The van der Waals surface area contributed by atoms with Crippen molar-refractivity contribution in [2.45, 2.75) is 6.92 Å². The van der Waals surface area contributed by atoms with E-state index in [9.17, 15) is 9.90 Å². The molecule has 0 radical (unpaired) electrons. The number of carbonyl (C=O) groups excluding carboxylic acids is 1. The van der Waals surface area contributed by atoms with Gasteiger partial charge in [-0.05, 0) is 107 Å². The Morgan fingerprint density at radius 3 is 1.42 bits per heavy atom. The van der Waals surface area contributed by atoms with Crippen molar-refractivity contribution in [3.8, 4) is 56.0 Å². The highest BCUT2D eigenvalue weighted by molar-refractivity contribution is 6.01. The van der Waals surface area contributed by atoms with E-state index in [0.29, 0.717) is 33.7 Å². The van der Waals surface area contributed by atoms with Crippen molar-refractivity contribution < 1.29 is 14.6 Å². The normalized spacial score (nSPS) is 11.9. The Kier molecular flexibility index (Phi) is 7.74. The van der Waals surface area contributed by atoms with Crippen LogP contribution in [0.5, 0.6) is 11.5 Å². The third-order valence-electron chi connectivity index (χ3n) is 9.15. The van der Waals surface area contributed by atoms with Gasteiger partial charge >= 0.3 is 5.97 Å². The van der Waals surface area contributed by atoms with Crippen molar-refractivity contribution in [1.29, 1.82) is 0 Å². The second-order valence-electron chi connectivity index (χ2n) is 12.5. The molecule has 254 valence electrons. The molecule has 2 aliphatic heterocycles. The van der Waals surface area contributed by atoms with Gasteiger partial charge in [0.25, 0.3) is 0 Å². The predicted octanol–water partition coefficient (Wildman–Crippen LogP) is 9.14. The number of aromatic hydroxyl groups is 1. The fourth-order valence-corrected chi connectivity index (χ4v) is 6.89. The molecule has 0 saturated heterocycles. The van der Waals surface area contributed by atoms with E-state index in [0.717, 1.165) is 61.4 Å². The molecule has 53 heavy (non-hydrogen) atoms. The summed E-state index contributed by atoms with van der Waals surface area (Å²) >= 11 is 0. The van der Waals surface area contributed by atoms with Crippen molar-refractivity contribution in [3.63, 3.8) is 0 Å². The number of phenols is 1. The maximum absolute atomic E-state index is 12.6. The topological polar surface area (TPSA) is 143 Å². The van der Waals surface area contributed by atoms with Gasteiger partial charge < -0.3 is 19.8 Å². The molecule has 9 rings (SSSR count). The molecular formula is C43H29N7O3. The Balaban J connectivity index is 1.52. The van der Waals surface area contributed by atoms with E-state index in [1.54, 1.807) is 49.3 Å². The highest BCUT2D eigenvalue weighted by Gasteiger charge is 2.21. The van der Waals surface area contributed by atoms with Crippen LogP contribution in [0, 0.1) is 0 Å². The van der Waals surface area contributed by atoms with E-state index in [1.807, 2.05) is 78.9 Å². The Hall–Kier alpha value is -7.46. The number of nitrogens with zero attached hydrogens (tertiary/aromatic N) is 5. The molecule has 3 N–H and O–H groups in total. The standard InChI is InChI=1S/C43H29N7O3/c1-25(51)53-38-24-37-41(26-2-4-30(52)5-3-26)35-9-8-33(48-35)39(27-12-18-44-19-13-27)31-6-7-32(47-31)40(28-14-20-45-21-15-28)34-10-11-36(49-34)42(43(38)50-37)29-16-22-46-23-17-29/h2-24,47,50,52H,1H3. The number of ether oxygens (including phenoxy) is 1. The van der Waals surface area contributed by atoms with E-state index in [4.69, 9.17) is 14.7 Å². The Morgan fingerprint density at radius 2 is 0.943 bits per heavy atom. The molecule has 2 aliphatic rings. The van der Waals surface area contributed by atoms with Crippen molar-refractivity contribution in [2.75, 3.05) is 0 Å². The SMILES string of the molecule is CC(=O)Oc1cc2[nH]c1c(-c1ccncc1)c1nc(c(-c3ccncc3)c3ccc([nH]3)c(-c3ccncc3)c3nc(c2-c2ccc(O)cc2)C=C3)C=C1. The fourth-order valence-electron chi connectivity index (χ4n) is 6.89. The molecule has 10 nitrogen and oxygen atoms in total. The first-order chi connectivity index (χ1) is 26.0. The van der Waals surface area contributed by atoms with Crippen molar-refractivity contribution in [1.82, 2.24) is 34.9 Å². The minimum Gasteiger partial charge on any atom is -0.508 e. The molecule has 10 heteroatoms. The number of aromatic nitrogens is 7. The van der Waals surface area contributed by atoms with Gasteiger partial charge in [0.1, 0.15) is 5.75 Å². The van der Waals surface area contributed by atoms with Crippen LogP contribution in [0.15, 0.2) is 116 Å². The Labute approximate surface area is 302 Å². The third-order valence-corrected chi connectivity index (χ3v) is 9.15. The van der Waals surface area contributed by atoms with Gasteiger partial charge in [0, 0.05) is 83.5 Å². The van der Waals surface area contributed by atoms with Crippen molar-refractivity contribution in [2.24, 2.45) is 0 Å². The zero-order valence-corrected chi connectivity index (χ0v) is 28.3. The third kappa shape index (κ3) is 5.83. The van der Waals surface area contributed by atoms with Crippen molar-refractivity contribution in [3.05, 3.63) is 139 Å². The number of fused-ring (bicyclic) bond motifs is 8. The van der Waals surface area contributed by atoms with Gasteiger partial charge in [-0.2, -0.15) is 0 Å². The van der Waals surface area contributed by atoms with Crippen LogP contribution in [-0.4, -0.2) is 46.0 Å². The van der Waals surface area contributed by atoms with Gasteiger partial charge in [-0.25, -0.2) is 9.97 Å². The molecule has 8 heterocycles. The van der Waals surface area contributed by atoms with Crippen LogP contribution >= 0.6 is 0 Å². The average Bonchev–Trinajstić information content (AvgIpc) is 4.01. The summed E-state index contributed by atoms with van der Waals surface area (Å²) in [5, 5.41) is 10.2. The highest BCUT2D eigenvalue weighted by atomic mass is 16.5. The van der Waals surface area contributed by atoms with Crippen LogP contribution in [0.3, 0.4) is 0 Å². The van der Waals surface area contributed by atoms with Crippen LogP contribution in [0.1, 0.15) is 29.7 Å². The zero-order valence-electron chi connectivity index (χ0n) is 28.3. The number of hydrogen-bond acceptors (Lipinski definition) is 8. The predicted molar refractivity (Wildman–Crippen MR) is 207 cm³/mol. The number of H-pyrrole nitrogens is 2. The lowest BCUT2D eigenvalue weighted by Gasteiger charge is -2.07. The van der Waals surface area contributed by atoms with Crippen LogP contribution in [0.2, 0.25) is 0 Å². The summed E-state index contributed by atoms with van der Waals surface area (Å²) in [7, 11) is 0. The summed E-state index contributed by atoms with van der Waals surface area (Å²) in [6, 6.07) is 24.5. The number of hydrogen-bond donors (Lipinski definition) is 3. The summed E-state index contributed by atoms with van der Waals surface area (Å²) in [6.45, 7) is 1.38. The molecule has 0 spiro atoms. The Bertz CT molecular complexity index is 2770. The monoisotopic (exact) mass is 691 g/mol. The number of esters is 1. The number of pyridine rings is 3. The molecule has 0 amide bonds. The highest BCUT2D eigenvalue weighted by Crippen LogP contribution is 2.41. The maximum atomic E-state index is 12.6. The molecule has 0 aliphatic carbocycles. The maximum Gasteiger partial charge on any atom is 0.308 e. The Morgan fingerprint density at radius 1 is 0.528 bits per heavy atom. The van der Waals surface area contributed by atoms with E-state index in [1.165, 1.54) is 6.92 Å². The molecular weight excluding hydrogens is 663 g/mol. The summed E-state index contributed by atoms with van der Waals surface area (Å²) in [6.07, 6.45) is 18.4. The van der Waals surface area contributed by atoms with E-state index in [2.05, 4.69) is 37.1 Å². The van der Waals surface area contributed by atoms with Gasteiger partial charge in [0.05, 0.1) is 33.8 Å². The largest absolute Gasteiger partial charge is 0.508 e. The number of aromatic amines is 2. The van der Waals surface area contributed by atoms with Crippen LogP contribution in [-0.2, 0) is 4.79 Å². The van der Waals surface area contributed by atoms with Gasteiger partial charge in [0.15, 0.2) is 5.75 Å². The molecule has 0 saturated carbocycles. The first-order valence-corrected chi connectivity index (χ1v) is 16.9. The van der Waals surface area contributed by atoms with Crippen LogP contribution in [0.25, 0.3) is 90.9 Å². The molecule has 7 aromatic rings. The quantitative estimate of drug-likeness (QED) is 0.152. The number of rotatable bonds is 5. The lowest BCUT2D eigenvalue weighted by Crippen LogP contribution is -2.01. The summed E-state index contributed by atoms with van der Waals surface area (Å²) in [5.41, 5.74) is 12.4. The van der Waals surface area contributed by atoms with Gasteiger partial charge in [-0.3, -0.25) is 19.7 Å². The van der Waals surface area contributed by atoms with Crippen LogP contribution in [0.4, 0.5) is 0 Å². The summed E-state index contributed by atoms with van der Waals surface area (Å²) in [4.78, 5) is 43.3. The second kappa shape index (κ2) is 13.0. The number of phenolic OH excluding ortho intramolecular Hbond substituents is 1. The van der Waals surface area contributed by atoms with Gasteiger partial charge in [-0.1, -0.05) is 12.1 Å². The molecule has 1 aromatic carbocycles. The zero-order chi connectivity index (χ0) is 35.9. The molecule has 0 unspecified atom stereocenters. The van der Waals surface area contributed by atoms with Crippen molar-refractivity contribution >= 4 is 52.3 Å². The lowest BCUT2D eigenvalue weighted by atomic mass is 10.0. The molecule has 8 bridgehead atoms. The van der Waals surface area contributed by atoms with Gasteiger partial charge in [-0.15, -0.1) is 0 Å².